The Morgan fingerprint density at radius 3 is 2.62 bits per heavy atom. The Bertz CT molecular complexity index is 779. The lowest BCUT2D eigenvalue weighted by molar-refractivity contribution is -0.129. The summed E-state index contributed by atoms with van der Waals surface area (Å²) in [5.41, 5.74) is 2.07. The van der Waals surface area contributed by atoms with E-state index >= 15 is 0 Å². The Labute approximate surface area is 171 Å². The molecule has 1 aliphatic rings. The number of rotatable bonds is 3. The minimum absolute atomic E-state index is 0. The summed E-state index contributed by atoms with van der Waals surface area (Å²) in [5, 5.41) is 7.93. The standard InChI is InChI=1S/C19H26N4O2.HI/c1-13-16-6-4-5-7-17(16)25-18(13)12-21-19(20-3)22-15-8-10-23(11-9-15)14(2)24;/h4-7,15H,8-12H2,1-3H3,(H2,20,21,22);1H. The third-order valence-corrected chi connectivity index (χ3v) is 4.86. The van der Waals surface area contributed by atoms with Crippen LogP contribution in [-0.4, -0.2) is 42.9 Å². The molecule has 1 saturated heterocycles. The van der Waals surface area contributed by atoms with Gasteiger partial charge < -0.3 is 20.0 Å². The van der Waals surface area contributed by atoms with Crippen LogP contribution in [0.3, 0.4) is 0 Å². The molecule has 1 aromatic heterocycles. The van der Waals surface area contributed by atoms with Crippen LogP contribution in [0.1, 0.15) is 31.1 Å². The molecular weight excluding hydrogens is 443 g/mol. The molecule has 0 radical (unpaired) electrons. The van der Waals surface area contributed by atoms with Gasteiger partial charge in [-0.2, -0.15) is 0 Å². The molecule has 26 heavy (non-hydrogen) atoms. The van der Waals surface area contributed by atoms with Crippen LogP contribution in [0.25, 0.3) is 11.0 Å². The van der Waals surface area contributed by atoms with Crippen LogP contribution in [0, 0.1) is 6.92 Å². The summed E-state index contributed by atoms with van der Waals surface area (Å²) in [6.07, 6.45) is 1.87. The van der Waals surface area contributed by atoms with E-state index < -0.39 is 0 Å². The zero-order valence-corrected chi connectivity index (χ0v) is 17.9. The summed E-state index contributed by atoms with van der Waals surface area (Å²) < 4.78 is 5.93. The highest BCUT2D eigenvalue weighted by Gasteiger charge is 2.21. The van der Waals surface area contributed by atoms with Crippen LogP contribution >= 0.6 is 24.0 Å². The Balaban J connectivity index is 0.00000243. The number of guanidine groups is 1. The van der Waals surface area contributed by atoms with Crippen molar-refractivity contribution in [1.29, 1.82) is 0 Å². The maximum absolute atomic E-state index is 11.4. The third-order valence-electron chi connectivity index (χ3n) is 4.86. The van der Waals surface area contributed by atoms with Crippen LogP contribution in [0.15, 0.2) is 33.7 Å². The summed E-state index contributed by atoms with van der Waals surface area (Å²) in [6, 6.07) is 8.40. The molecule has 2 heterocycles. The zero-order chi connectivity index (χ0) is 17.8. The van der Waals surface area contributed by atoms with Gasteiger partial charge in [0.2, 0.25) is 5.91 Å². The molecule has 1 amide bonds. The minimum Gasteiger partial charge on any atom is -0.459 e. The second-order valence-corrected chi connectivity index (χ2v) is 6.50. The number of nitrogens with one attached hydrogen (secondary N) is 2. The van der Waals surface area contributed by atoms with E-state index in [1.54, 1.807) is 14.0 Å². The van der Waals surface area contributed by atoms with Gasteiger partial charge in [0.05, 0.1) is 6.54 Å². The molecule has 2 N–H and O–H groups in total. The number of nitrogens with zero attached hydrogens (tertiary/aromatic N) is 2. The predicted molar refractivity (Wildman–Crippen MR) is 115 cm³/mol. The van der Waals surface area contributed by atoms with Crippen molar-refractivity contribution in [2.75, 3.05) is 20.1 Å². The maximum atomic E-state index is 11.4. The number of likely N-dealkylation sites (tertiary alicyclic amines) is 1. The summed E-state index contributed by atoms with van der Waals surface area (Å²) in [6.45, 7) is 5.90. The van der Waals surface area contributed by atoms with Crippen LogP contribution in [0.2, 0.25) is 0 Å². The summed E-state index contributed by atoms with van der Waals surface area (Å²) in [7, 11) is 1.77. The van der Waals surface area contributed by atoms with Gasteiger partial charge in [-0.15, -0.1) is 24.0 Å². The van der Waals surface area contributed by atoms with Crippen LogP contribution < -0.4 is 10.6 Å². The van der Waals surface area contributed by atoms with E-state index in [0.717, 1.165) is 54.2 Å². The number of amides is 1. The van der Waals surface area contributed by atoms with Crippen molar-refractivity contribution in [2.24, 2.45) is 4.99 Å². The van der Waals surface area contributed by atoms with Crippen molar-refractivity contribution >= 4 is 46.8 Å². The van der Waals surface area contributed by atoms with Crippen LogP contribution in [0.4, 0.5) is 0 Å². The first-order valence-corrected chi connectivity index (χ1v) is 8.78. The number of fused-ring (bicyclic) bond motifs is 1. The number of para-hydroxylation sites is 1. The molecule has 0 aliphatic carbocycles. The molecule has 2 aromatic rings. The molecule has 0 atom stereocenters. The van der Waals surface area contributed by atoms with Gasteiger partial charge >= 0.3 is 0 Å². The first-order valence-electron chi connectivity index (χ1n) is 8.78. The number of hydrogen-bond acceptors (Lipinski definition) is 3. The van der Waals surface area contributed by atoms with E-state index in [-0.39, 0.29) is 29.9 Å². The number of furan rings is 1. The molecule has 3 rings (SSSR count). The fourth-order valence-corrected chi connectivity index (χ4v) is 3.28. The minimum atomic E-state index is 0. The fraction of sp³-hybridized carbons (Fsp3) is 0.474. The average molecular weight is 470 g/mol. The predicted octanol–water partition coefficient (Wildman–Crippen LogP) is 3.04. The lowest BCUT2D eigenvalue weighted by atomic mass is 10.1. The van der Waals surface area contributed by atoms with Crippen molar-refractivity contribution in [3.05, 3.63) is 35.6 Å². The SMILES string of the molecule is CN=C(NCc1oc2ccccc2c1C)NC1CCN(C(C)=O)CC1.I. The van der Waals surface area contributed by atoms with Crippen molar-refractivity contribution in [1.82, 2.24) is 15.5 Å². The number of halogens is 1. The van der Waals surface area contributed by atoms with Crippen LogP contribution in [-0.2, 0) is 11.3 Å². The number of carbonyl (C=O) groups excluding carboxylic acids is 1. The number of benzene rings is 1. The number of hydrogen-bond donors (Lipinski definition) is 2. The highest BCUT2D eigenvalue weighted by Crippen LogP contribution is 2.24. The zero-order valence-electron chi connectivity index (χ0n) is 15.5. The van der Waals surface area contributed by atoms with E-state index in [0.29, 0.717) is 12.6 Å². The van der Waals surface area contributed by atoms with Crippen molar-refractivity contribution < 1.29 is 9.21 Å². The van der Waals surface area contributed by atoms with E-state index in [1.807, 2.05) is 23.1 Å². The molecule has 1 aromatic carbocycles. The molecule has 7 heteroatoms. The first-order chi connectivity index (χ1) is 12.1. The topological polar surface area (TPSA) is 69.9 Å². The van der Waals surface area contributed by atoms with Gasteiger partial charge in [0, 0.05) is 44.1 Å². The van der Waals surface area contributed by atoms with Gasteiger partial charge in [0.1, 0.15) is 11.3 Å². The third kappa shape index (κ3) is 4.69. The van der Waals surface area contributed by atoms with Gasteiger partial charge in [-0.3, -0.25) is 9.79 Å². The monoisotopic (exact) mass is 470 g/mol. The van der Waals surface area contributed by atoms with Gasteiger partial charge in [0.15, 0.2) is 5.96 Å². The average Bonchev–Trinajstić information content (AvgIpc) is 2.95. The molecule has 142 valence electrons. The van der Waals surface area contributed by atoms with Crippen molar-refractivity contribution in [3.63, 3.8) is 0 Å². The highest BCUT2D eigenvalue weighted by atomic mass is 127. The Hall–Kier alpha value is -1.77. The van der Waals surface area contributed by atoms with E-state index in [2.05, 4.69) is 28.6 Å². The summed E-state index contributed by atoms with van der Waals surface area (Å²) in [5.74, 6) is 1.85. The number of carbonyl (C=O) groups is 1. The van der Waals surface area contributed by atoms with Crippen molar-refractivity contribution in [2.45, 2.75) is 39.3 Å². The van der Waals surface area contributed by atoms with Crippen LogP contribution in [0.5, 0.6) is 0 Å². The smallest absolute Gasteiger partial charge is 0.219 e. The Morgan fingerprint density at radius 2 is 2.00 bits per heavy atom. The second kappa shape index (κ2) is 9.25. The van der Waals surface area contributed by atoms with Gasteiger partial charge in [-0.05, 0) is 25.8 Å². The molecule has 0 unspecified atom stereocenters. The lowest BCUT2D eigenvalue weighted by Gasteiger charge is -2.32. The molecular formula is C19H27IN4O2. The molecule has 6 nitrogen and oxygen atoms in total. The summed E-state index contributed by atoms with van der Waals surface area (Å²) >= 11 is 0. The van der Waals surface area contributed by atoms with Crippen molar-refractivity contribution in [3.8, 4) is 0 Å². The number of piperidine rings is 1. The van der Waals surface area contributed by atoms with Gasteiger partial charge in [-0.25, -0.2) is 0 Å². The summed E-state index contributed by atoms with van der Waals surface area (Å²) in [4.78, 5) is 17.6. The Kier molecular flexibility index (Phi) is 7.31. The molecule has 0 bridgehead atoms. The van der Waals surface area contributed by atoms with E-state index in [9.17, 15) is 4.79 Å². The quantitative estimate of drug-likeness (QED) is 0.411. The van der Waals surface area contributed by atoms with E-state index in [4.69, 9.17) is 4.42 Å². The van der Waals surface area contributed by atoms with Gasteiger partial charge in [0.25, 0.3) is 0 Å². The molecule has 0 saturated carbocycles. The number of aliphatic imine (C=N–C) groups is 1. The molecule has 0 spiro atoms. The largest absolute Gasteiger partial charge is 0.459 e. The fourth-order valence-electron chi connectivity index (χ4n) is 3.28. The Morgan fingerprint density at radius 1 is 1.31 bits per heavy atom. The first kappa shape index (κ1) is 20.5. The lowest BCUT2D eigenvalue weighted by Crippen LogP contribution is -2.49. The van der Waals surface area contributed by atoms with E-state index in [1.165, 1.54) is 0 Å². The highest BCUT2D eigenvalue weighted by molar-refractivity contribution is 14.0. The maximum Gasteiger partial charge on any atom is 0.219 e. The molecule has 1 aliphatic heterocycles. The van der Waals surface area contributed by atoms with Gasteiger partial charge in [-0.1, -0.05) is 18.2 Å². The second-order valence-electron chi connectivity index (χ2n) is 6.50. The number of aryl methyl sites for hydroxylation is 1. The normalized spacial score (nSPS) is 15.7. The molecule has 1 fully saturated rings.